The molecule has 11 heteroatoms. The molecule has 0 saturated carbocycles. The highest BCUT2D eigenvalue weighted by Gasteiger charge is 2.38. The van der Waals surface area contributed by atoms with Gasteiger partial charge >= 0.3 is 12.3 Å². The van der Waals surface area contributed by atoms with Crippen molar-refractivity contribution in [3.8, 4) is 11.1 Å². The molecule has 194 valence electrons. The highest BCUT2D eigenvalue weighted by atomic mass is 35.5. The third-order valence-electron chi connectivity index (χ3n) is 6.77. The van der Waals surface area contributed by atoms with Crippen LogP contribution < -0.4 is 5.32 Å². The molecule has 36 heavy (non-hydrogen) atoms. The van der Waals surface area contributed by atoms with Gasteiger partial charge in [0.15, 0.2) is 0 Å². The van der Waals surface area contributed by atoms with E-state index in [2.05, 4.69) is 5.32 Å². The van der Waals surface area contributed by atoms with Gasteiger partial charge in [-0.05, 0) is 60.6 Å². The number of hydroxylamine groups is 2. The Morgan fingerprint density at radius 3 is 2.33 bits per heavy atom. The van der Waals surface area contributed by atoms with Crippen molar-refractivity contribution in [2.24, 2.45) is 5.92 Å². The van der Waals surface area contributed by atoms with Gasteiger partial charge in [0.1, 0.15) is 0 Å². The highest BCUT2D eigenvalue weighted by molar-refractivity contribution is 6.36. The van der Waals surface area contributed by atoms with Gasteiger partial charge in [0.2, 0.25) is 5.91 Å². The number of halogens is 5. The van der Waals surface area contributed by atoms with Crippen LogP contribution in [0.1, 0.15) is 30.4 Å². The van der Waals surface area contributed by atoms with Crippen molar-refractivity contribution in [2.75, 3.05) is 26.7 Å². The van der Waals surface area contributed by atoms with Gasteiger partial charge in [-0.15, -0.1) is 5.06 Å². The van der Waals surface area contributed by atoms with Gasteiger partial charge in [0.25, 0.3) is 0 Å². The number of nitrogens with one attached hydrogen (secondary N) is 1. The molecule has 6 nitrogen and oxygen atoms in total. The van der Waals surface area contributed by atoms with E-state index in [1.165, 1.54) is 37.4 Å². The Bertz CT molecular complexity index is 1110. The maximum atomic E-state index is 13.5. The summed E-state index contributed by atoms with van der Waals surface area (Å²) < 4.78 is 40.4. The smallest absolute Gasteiger partial charge is 0.351 e. The SMILES string of the molecule is CNC(=O)ON1CCC(N2CCC(Cc3c(Cl)cc(-c4ccccc4C(F)(F)F)cc3Cl)C2=O)CC1. The summed E-state index contributed by atoms with van der Waals surface area (Å²) in [6.45, 7) is 1.67. The first kappa shape index (κ1) is 26.6. The minimum atomic E-state index is -4.52. The first-order valence-corrected chi connectivity index (χ1v) is 12.4. The van der Waals surface area contributed by atoms with Gasteiger partial charge in [-0.25, -0.2) is 4.79 Å². The zero-order valence-corrected chi connectivity index (χ0v) is 21.1. The average molecular weight is 544 g/mol. The van der Waals surface area contributed by atoms with Gasteiger partial charge in [-0.2, -0.15) is 13.2 Å². The van der Waals surface area contributed by atoms with Gasteiger partial charge in [-0.3, -0.25) is 4.79 Å². The molecule has 1 unspecified atom stereocenters. The summed E-state index contributed by atoms with van der Waals surface area (Å²) in [4.78, 5) is 31.6. The Kier molecular flexibility index (Phi) is 8.02. The van der Waals surface area contributed by atoms with Gasteiger partial charge in [0, 0.05) is 48.7 Å². The first-order valence-electron chi connectivity index (χ1n) is 11.7. The van der Waals surface area contributed by atoms with E-state index in [-0.39, 0.29) is 39.0 Å². The average Bonchev–Trinajstić information content (AvgIpc) is 3.21. The van der Waals surface area contributed by atoms with E-state index in [0.717, 1.165) is 6.07 Å². The summed E-state index contributed by atoms with van der Waals surface area (Å²) in [5.41, 5.74) is 0.0563. The van der Waals surface area contributed by atoms with Crippen molar-refractivity contribution in [1.82, 2.24) is 15.3 Å². The summed E-state index contributed by atoms with van der Waals surface area (Å²) in [5, 5.41) is 4.47. The molecule has 0 bridgehead atoms. The molecule has 0 spiro atoms. The Hall–Kier alpha value is -2.49. The zero-order valence-electron chi connectivity index (χ0n) is 19.6. The molecule has 2 aliphatic rings. The topological polar surface area (TPSA) is 61.9 Å². The Morgan fingerprint density at radius 1 is 1.08 bits per heavy atom. The summed E-state index contributed by atoms with van der Waals surface area (Å²) >= 11 is 13.0. The molecule has 0 radical (unpaired) electrons. The van der Waals surface area contributed by atoms with E-state index in [1.54, 1.807) is 5.06 Å². The number of benzene rings is 2. The lowest BCUT2D eigenvalue weighted by Crippen LogP contribution is -2.47. The quantitative estimate of drug-likeness (QED) is 0.517. The van der Waals surface area contributed by atoms with Gasteiger partial charge in [-0.1, -0.05) is 41.4 Å². The molecule has 4 rings (SSSR count). The Morgan fingerprint density at radius 2 is 1.72 bits per heavy atom. The molecule has 0 aromatic heterocycles. The second-order valence-electron chi connectivity index (χ2n) is 8.97. The molecule has 1 N–H and O–H groups in total. The maximum Gasteiger partial charge on any atom is 0.426 e. The van der Waals surface area contributed by atoms with E-state index in [4.69, 9.17) is 28.0 Å². The highest BCUT2D eigenvalue weighted by Crippen LogP contribution is 2.40. The minimum absolute atomic E-state index is 0.00444. The van der Waals surface area contributed by atoms with Crippen LogP contribution in [0.3, 0.4) is 0 Å². The van der Waals surface area contributed by atoms with Crippen LogP contribution in [0.15, 0.2) is 36.4 Å². The number of amides is 2. The maximum absolute atomic E-state index is 13.5. The van der Waals surface area contributed by atoms with Gasteiger partial charge < -0.3 is 15.1 Å². The van der Waals surface area contributed by atoms with Crippen molar-refractivity contribution < 1.29 is 27.6 Å². The lowest BCUT2D eigenvalue weighted by Gasteiger charge is -2.35. The minimum Gasteiger partial charge on any atom is -0.351 e. The number of alkyl halides is 3. The molecule has 2 aliphatic heterocycles. The van der Waals surface area contributed by atoms with Crippen molar-refractivity contribution in [3.63, 3.8) is 0 Å². The molecule has 1 atom stereocenters. The van der Waals surface area contributed by atoms with E-state index >= 15 is 0 Å². The fraction of sp³-hybridized carbons (Fsp3) is 0.440. The van der Waals surface area contributed by atoms with Crippen LogP contribution in [0.4, 0.5) is 18.0 Å². The molecule has 2 fully saturated rings. The third-order valence-corrected chi connectivity index (χ3v) is 7.44. The van der Waals surface area contributed by atoms with Crippen LogP contribution in [0.2, 0.25) is 10.0 Å². The number of hydrogen-bond acceptors (Lipinski definition) is 4. The predicted molar refractivity (Wildman–Crippen MR) is 131 cm³/mol. The number of piperidine rings is 1. The number of nitrogens with zero attached hydrogens (tertiary/aromatic N) is 2. The summed E-state index contributed by atoms with van der Waals surface area (Å²) in [5.74, 6) is -0.298. The first-order chi connectivity index (χ1) is 17.1. The molecule has 2 heterocycles. The van der Waals surface area contributed by atoms with Crippen LogP contribution in [0.5, 0.6) is 0 Å². The normalized spacial score (nSPS) is 19.6. The predicted octanol–water partition coefficient (Wildman–Crippen LogP) is 5.81. The van der Waals surface area contributed by atoms with E-state index in [0.29, 0.717) is 50.9 Å². The number of hydrogen-bond donors (Lipinski definition) is 1. The van der Waals surface area contributed by atoms with Crippen molar-refractivity contribution >= 4 is 35.2 Å². The summed E-state index contributed by atoms with van der Waals surface area (Å²) in [6, 6.07) is 8.28. The molecule has 2 aromatic rings. The zero-order chi connectivity index (χ0) is 26.0. The number of carbonyl (C=O) groups excluding carboxylic acids is 2. The number of rotatable bonds is 5. The fourth-order valence-corrected chi connectivity index (χ4v) is 5.55. The molecular formula is C25H26Cl2F3N3O3. The van der Waals surface area contributed by atoms with E-state index in [9.17, 15) is 22.8 Å². The molecule has 2 saturated heterocycles. The van der Waals surface area contributed by atoms with Gasteiger partial charge in [0.05, 0.1) is 5.56 Å². The molecule has 2 amide bonds. The summed E-state index contributed by atoms with van der Waals surface area (Å²) in [7, 11) is 1.49. The van der Waals surface area contributed by atoms with Crippen molar-refractivity contribution in [1.29, 1.82) is 0 Å². The Balaban J connectivity index is 1.44. The summed E-state index contributed by atoms with van der Waals surface area (Å²) in [6.07, 6.45) is -2.72. The fourth-order valence-electron chi connectivity index (χ4n) is 4.90. The van der Waals surface area contributed by atoms with Crippen LogP contribution in [-0.2, 0) is 22.2 Å². The van der Waals surface area contributed by atoms with Crippen LogP contribution in [0.25, 0.3) is 11.1 Å². The van der Waals surface area contributed by atoms with E-state index in [1.807, 2.05) is 4.90 Å². The molecule has 2 aromatic carbocycles. The monoisotopic (exact) mass is 543 g/mol. The largest absolute Gasteiger partial charge is 0.426 e. The van der Waals surface area contributed by atoms with Crippen LogP contribution in [-0.4, -0.2) is 54.7 Å². The van der Waals surface area contributed by atoms with Crippen LogP contribution >= 0.6 is 23.2 Å². The van der Waals surface area contributed by atoms with Crippen molar-refractivity contribution in [3.05, 3.63) is 57.6 Å². The number of carbonyl (C=O) groups is 2. The molecular weight excluding hydrogens is 518 g/mol. The Labute approximate surface area is 217 Å². The third kappa shape index (κ3) is 5.74. The van der Waals surface area contributed by atoms with Crippen LogP contribution in [0, 0.1) is 5.92 Å². The lowest BCUT2D eigenvalue weighted by atomic mass is 9.94. The lowest BCUT2D eigenvalue weighted by molar-refractivity contribution is -0.141. The molecule has 0 aliphatic carbocycles. The van der Waals surface area contributed by atoms with E-state index < -0.39 is 17.8 Å². The second-order valence-corrected chi connectivity index (χ2v) is 9.79. The second kappa shape index (κ2) is 10.9. The number of likely N-dealkylation sites (tertiary alicyclic amines) is 1. The standard InChI is InChI=1S/C25H26Cl2F3N3O3/c1-31-24(35)36-32-9-7-17(8-10-32)33-11-6-15(23(33)34)12-19-21(26)13-16(14-22(19)27)18-4-2-3-5-20(18)25(28,29)30/h2-5,13-15,17H,6-12H2,1H3,(H,31,35). The van der Waals surface area contributed by atoms with Crippen molar-refractivity contribution in [2.45, 2.75) is 37.9 Å².